The summed E-state index contributed by atoms with van der Waals surface area (Å²) in [7, 11) is 1.94. The van der Waals surface area contributed by atoms with Crippen LogP contribution in [-0.2, 0) is 6.42 Å². The van der Waals surface area contributed by atoms with E-state index in [0.717, 1.165) is 18.7 Å². The zero-order valence-electron chi connectivity index (χ0n) is 9.78. The second kappa shape index (κ2) is 4.91. The van der Waals surface area contributed by atoms with Gasteiger partial charge in [-0.2, -0.15) is 0 Å². The molecule has 0 saturated carbocycles. The number of hydrogen-bond acceptors (Lipinski definition) is 2. The number of rotatable bonds is 4. The summed E-state index contributed by atoms with van der Waals surface area (Å²) < 4.78 is 13.3. The molecule has 17 heavy (non-hydrogen) atoms. The van der Waals surface area contributed by atoms with Gasteiger partial charge in [0.25, 0.3) is 0 Å². The molecule has 1 aromatic heterocycles. The van der Waals surface area contributed by atoms with Crippen LogP contribution in [0.1, 0.15) is 5.56 Å². The molecule has 3 N–H and O–H groups in total. The summed E-state index contributed by atoms with van der Waals surface area (Å²) in [4.78, 5) is 5.02. The maximum atomic E-state index is 13.3. The highest BCUT2D eigenvalue weighted by molar-refractivity contribution is 5.53. The van der Waals surface area contributed by atoms with Gasteiger partial charge in [-0.3, -0.25) is 0 Å². The molecule has 3 nitrogen and oxygen atoms in total. The quantitative estimate of drug-likeness (QED) is 0.796. The molecule has 1 aromatic carbocycles. The second-order valence-corrected chi connectivity index (χ2v) is 4.10. The third-order valence-electron chi connectivity index (χ3n) is 2.82. The number of anilines is 2. The maximum Gasteiger partial charge on any atom is 0.148 e. The predicted octanol–water partition coefficient (Wildman–Crippen LogP) is 2.41. The van der Waals surface area contributed by atoms with E-state index in [1.54, 1.807) is 6.07 Å². The number of aromatic nitrogens is 1. The van der Waals surface area contributed by atoms with Crippen molar-refractivity contribution in [2.75, 3.05) is 24.2 Å². The SMILES string of the molecule is CN(CCc1cc[nH]c1)c1ccc(N)c(F)c1. The molecule has 0 radical (unpaired) electrons. The number of halogens is 1. The zero-order valence-corrected chi connectivity index (χ0v) is 9.78. The van der Waals surface area contributed by atoms with Crippen molar-refractivity contribution in [2.24, 2.45) is 0 Å². The maximum absolute atomic E-state index is 13.3. The van der Waals surface area contributed by atoms with Crippen LogP contribution in [0.5, 0.6) is 0 Å². The third-order valence-corrected chi connectivity index (χ3v) is 2.82. The van der Waals surface area contributed by atoms with Crippen LogP contribution < -0.4 is 10.6 Å². The first-order valence-electron chi connectivity index (χ1n) is 5.54. The molecule has 0 aliphatic rings. The van der Waals surface area contributed by atoms with E-state index in [1.807, 2.05) is 36.5 Å². The van der Waals surface area contributed by atoms with Gasteiger partial charge in [0, 0.05) is 31.7 Å². The molecule has 0 spiro atoms. The van der Waals surface area contributed by atoms with Gasteiger partial charge in [-0.15, -0.1) is 0 Å². The van der Waals surface area contributed by atoms with E-state index in [1.165, 1.54) is 11.6 Å². The lowest BCUT2D eigenvalue weighted by molar-refractivity contribution is 0.632. The summed E-state index contributed by atoms with van der Waals surface area (Å²) in [5.41, 5.74) is 7.71. The number of hydrogen-bond donors (Lipinski definition) is 2. The van der Waals surface area contributed by atoms with Crippen LogP contribution in [-0.4, -0.2) is 18.6 Å². The van der Waals surface area contributed by atoms with Crippen molar-refractivity contribution < 1.29 is 4.39 Å². The molecular formula is C13H16FN3. The Kier molecular flexibility index (Phi) is 3.32. The lowest BCUT2D eigenvalue weighted by Crippen LogP contribution is -2.20. The van der Waals surface area contributed by atoms with Crippen LogP contribution in [0.25, 0.3) is 0 Å². The second-order valence-electron chi connectivity index (χ2n) is 4.10. The number of benzene rings is 1. The van der Waals surface area contributed by atoms with Gasteiger partial charge in [0.1, 0.15) is 5.82 Å². The number of nitrogens with two attached hydrogens (primary N) is 1. The summed E-state index contributed by atoms with van der Waals surface area (Å²) in [6.45, 7) is 0.835. The standard InChI is InChI=1S/C13H16FN3/c1-17(7-5-10-4-6-16-9-10)11-2-3-13(15)12(14)8-11/h2-4,6,8-9,16H,5,7,15H2,1H3. The monoisotopic (exact) mass is 233 g/mol. The fourth-order valence-corrected chi connectivity index (χ4v) is 1.69. The van der Waals surface area contributed by atoms with Crippen LogP contribution >= 0.6 is 0 Å². The fraction of sp³-hybridized carbons (Fsp3) is 0.231. The Bertz CT molecular complexity index is 479. The highest BCUT2D eigenvalue weighted by atomic mass is 19.1. The summed E-state index contributed by atoms with van der Waals surface area (Å²) in [6.07, 6.45) is 4.79. The molecule has 4 heteroatoms. The van der Waals surface area contributed by atoms with E-state index in [4.69, 9.17) is 5.73 Å². The highest BCUT2D eigenvalue weighted by Crippen LogP contribution is 2.19. The number of nitrogens with one attached hydrogen (secondary N) is 1. The molecule has 0 atom stereocenters. The van der Waals surface area contributed by atoms with Gasteiger partial charge in [0.05, 0.1) is 5.69 Å². The third kappa shape index (κ3) is 2.78. The minimum Gasteiger partial charge on any atom is -0.396 e. The van der Waals surface area contributed by atoms with Gasteiger partial charge in [-0.25, -0.2) is 4.39 Å². The van der Waals surface area contributed by atoms with Gasteiger partial charge in [-0.1, -0.05) is 0 Å². The predicted molar refractivity (Wildman–Crippen MR) is 68.6 cm³/mol. The normalized spacial score (nSPS) is 10.5. The summed E-state index contributed by atoms with van der Waals surface area (Å²) in [5.74, 6) is -0.365. The molecule has 2 rings (SSSR count). The molecule has 0 saturated heterocycles. The molecule has 0 aliphatic heterocycles. The van der Waals surface area contributed by atoms with Crippen molar-refractivity contribution in [3.05, 3.63) is 48.0 Å². The lowest BCUT2D eigenvalue weighted by atomic mass is 10.2. The molecule has 0 bridgehead atoms. The Morgan fingerprint density at radius 3 is 2.82 bits per heavy atom. The molecule has 2 aromatic rings. The first kappa shape index (κ1) is 11.5. The van der Waals surface area contributed by atoms with E-state index in [2.05, 4.69) is 4.98 Å². The van der Waals surface area contributed by atoms with Gasteiger partial charge in [0.15, 0.2) is 0 Å². The van der Waals surface area contributed by atoms with Crippen LogP contribution in [0.2, 0.25) is 0 Å². The van der Waals surface area contributed by atoms with E-state index >= 15 is 0 Å². The minimum absolute atomic E-state index is 0.188. The Labute approximate surface area is 100 Å². The zero-order chi connectivity index (χ0) is 12.3. The highest BCUT2D eigenvalue weighted by Gasteiger charge is 2.05. The van der Waals surface area contributed by atoms with E-state index in [0.29, 0.717) is 0 Å². The molecule has 0 amide bonds. The fourth-order valence-electron chi connectivity index (χ4n) is 1.69. The van der Waals surface area contributed by atoms with E-state index < -0.39 is 0 Å². The van der Waals surface area contributed by atoms with E-state index in [-0.39, 0.29) is 11.5 Å². The van der Waals surface area contributed by atoms with Gasteiger partial charge < -0.3 is 15.6 Å². The smallest absolute Gasteiger partial charge is 0.148 e. The molecule has 1 heterocycles. The number of nitrogens with zero attached hydrogens (tertiary/aromatic N) is 1. The molecule has 0 unspecified atom stereocenters. The van der Waals surface area contributed by atoms with Crippen molar-refractivity contribution in [3.8, 4) is 0 Å². The summed E-state index contributed by atoms with van der Waals surface area (Å²) >= 11 is 0. The largest absolute Gasteiger partial charge is 0.396 e. The number of likely N-dealkylation sites (N-methyl/N-ethyl adjacent to an activating group) is 1. The Morgan fingerprint density at radius 1 is 1.35 bits per heavy atom. The van der Waals surface area contributed by atoms with Crippen molar-refractivity contribution in [2.45, 2.75) is 6.42 Å². The molecule has 0 fully saturated rings. The molecular weight excluding hydrogens is 217 g/mol. The number of aromatic amines is 1. The average molecular weight is 233 g/mol. The summed E-state index contributed by atoms with van der Waals surface area (Å²) in [6, 6.07) is 6.93. The molecule has 90 valence electrons. The van der Waals surface area contributed by atoms with Gasteiger partial charge >= 0.3 is 0 Å². The van der Waals surface area contributed by atoms with Crippen molar-refractivity contribution in [1.82, 2.24) is 4.98 Å². The van der Waals surface area contributed by atoms with Crippen molar-refractivity contribution >= 4 is 11.4 Å². The first-order chi connectivity index (χ1) is 8.16. The average Bonchev–Trinajstić information content (AvgIpc) is 2.82. The van der Waals surface area contributed by atoms with Crippen molar-refractivity contribution in [3.63, 3.8) is 0 Å². The minimum atomic E-state index is -0.365. The molecule has 0 aliphatic carbocycles. The van der Waals surface area contributed by atoms with Crippen LogP contribution in [0.15, 0.2) is 36.7 Å². The van der Waals surface area contributed by atoms with Crippen LogP contribution in [0, 0.1) is 5.82 Å². The van der Waals surface area contributed by atoms with Gasteiger partial charge in [0.2, 0.25) is 0 Å². The first-order valence-corrected chi connectivity index (χ1v) is 5.54. The Hall–Kier alpha value is -1.97. The van der Waals surface area contributed by atoms with E-state index in [9.17, 15) is 4.39 Å². The Balaban J connectivity index is 1.99. The van der Waals surface area contributed by atoms with Gasteiger partial charge in [-0.05, 0) is 36.2 Å². The van der Waals surface area contributed by atoms with Crippen LogP contribution in [0.4, 0.5) is 15.8 Å². The van der Waals surface area contributed by atoms with Crippen LogP contribution in [0.3, 0.4) is 0 Å². The summed E-state index contributed by atoms with van der Waals surface area (Å²) in [5, 5.41) is 0. The van der Waals surface area contributed by atoms with Crippen molar-refractivity contribution in [1.29, 1.82) is 0 Å². The number of nitrogen functional groups attached to an aromatic ring is 1. The lowest BCUT2D eigenvalue weighted by Gasteiger charge is -2.19. The number of H-pyrrole nitrogens is 1. The Morgan fingerprint density at radius 2 is 2.18 bits per heavy atom. The topological polar surface area (TPSA) is 45.0 Å².